The first-order valence-electron chi connectivity index (χ1n) is 8.47. The summed E-state index contributed by atoms with van der Waals surface area (Å²) in [7, 11) is 1.82. The third-order valence-electron chi connectivity index (χ3n) is 4.36. The van der Waals surface area contributed by atoms with Crippen molar-refractivity contribution in [2.45, 2.75) is 45.2 Å². The van der Waals surface area contributed by atoms with E-state index < -0.39 is 0 Å². The van der Waals surface area contributed by atoms with Crippen molar-refractivity contribution in [1.29, 1.82) is 0 Å². The molecule has 1 fully saturated rings. The molecule has 2 N–H and O–H groups in total. The number of hydrogen-bond acceptors (Lipinski definition) is 3. The molecule has 1 unspecified atom stereocenters. The molecule has 0 amide bonds. The topological polar surface area (TPSA) is 57.5 Å². The number of guanidine groups is 1. The number of nitrogens with zero attached hydrogens (tertiary/aromatic N) is 4. The molecule has 1 saturated heterocycles. The molecule has 2 heterocycles. The Hall–Kier alpha value is -1.56. The highest BCUT2D eigenvalue weighted by atomic mass is 15.2. The molecule has 6 heteroatoms. The molecular formula is C16H30N6. The van der Waals surface area contributed by atoms with E-state index in [1.54, 1.807) is 6.20 Å². The Kier molecular flexibility index (Phi) is 7.22. The molecule has 1 aromatic heterocycles. The van der Waals surface area contributed by atoms with Gasteiger partial charge in [0.1, 0.15) is 0 Å². The summed E-state index contributed by atoms with van der Waals surface area (Å²) >= 11 is 0. The van der Waals surface area contributed by atoms with Gasteiger partial charge in [0.15, 0.2) is 5.96 Å². The summed E-state index contributed by atoms with van der Waals surface area (Å²) in [6, 6.07) is 0.770. The predicted molar refractivity (Wildman–Crippen MR) is 91.1 cm³/mol. The van der Waals surface area contributed by atoms with Gasteiger partial charge < -0.3 is 15.2 Å². The highest BCUT2D eigenvalue weighted by Gasteiger charge is 2.19. The van der Waals surface area contributed by atoms with Gasteiger partial charge in [0.2, 0.25) is 0 Å². The van der Waals surface area contributed by atoms with E-state index in [4.69, 9.17) is 0 Å². The molecular weight excluding hydrogens is 276 g/mol. The number of hydrogen-bond donors (Lipinski definition) is 2. The third kappa shape index (κ3) is 5.33. The first-order valence-corrected chi connectivity index (χ1v) is 8.47. The lowest BCUT2D eigenvalue weighted by Crippen LogP contribution is -2.46. The molecule has 22 heavy (non-hydrogen) atoms. The lowest BCUT2D eigenvalue weighted by Gasteiger charge is -2.35. The zero-order valence-electron chi connectivity index (χ0n) is 14.0. The maximum Gasteiger partial charge on any atom is 0.191 e. The van der Waals surface area contributed by atoms with Crippen LogP contribution in [0.2, 0.25) is 0 Å². The maximum absolute atomic E-state index is 4.28. The van der Waals surface area contributed by atoms with Crippen LogP contribution < -0.4 is 10.6 Å². The van der Waals surface area contributed by atoms with E-state index in [0.717, 1.165) is 38.2 Å². The van der Waals surface area contributed by atoms with Crippen LogP contribution in [-0.4, -0.2) is 59.7 Å². The smallest absolute Gasteiger partial charge is 0.191 e. The highest BCUT2D eigenvalue weighted by Crippen LogP contribution is 2.18. The predicted octanol–water partition coefficient (Wildman–Crippen LogP) is 1.31. The van der Waals surface area contributed by atoms with E-state index in [1.165, 1.54) is 32.2 Å². The van der Waals surface area contributed by atoms with Gasteiger partial charge in [-0.05, 0) is 25.8 Å². The third-order valence-corrected chi connectivity index (χ3v) is 4.36. The maximum atomic E-state index is 4.28. The molecule has 2 rings (SSSR count). The molecule has 1 aromatic rings. The Morgan fingerprint density at radius 2 is 2.09 bits per heavy atom. The van der Waals surface area contributed by atoms with Crippen molar-refractivity contribution in [1.82, 2.24) is 25.1 Å². The number of imidazole rings is 1. The van der Waals surface area contributed by atoms with Gasteiger partial charge >= 0.3 is 0 Å². The Morgan fingerprint density at radius 3 is 2.77 bits per heavy atom. The Morgan fingerprint density at radius 1 is 1.27 bits per heavy atom. The molecule has 1 aliphatic heterocycles. The van der Waals surface area contributed by atoms with Gasteiger partial charge in [0.25, 0.3) is 0 Å². The molecule has 0 aliphatic carbocycles. The Labute approximate surface area is 134 Å². The fourth-order valence-electron chi connectivity index (χ4n) is 3.08. The van der Waals surface area contributed by atoms with Gasteiger partial charge in [0.05, 0.1) is 6.33 Å². The molecule has 124 valence electrons. The minimum atomic E-state index is 0.770. The Balaban J connectivity index is 1.63. The summed E-state index contributed by atoms with van der Waals surface area (Å²) in [5.74, 6) is 0.880. The summed E-state index contributed by atoms with van der Waals surface area (Å²) in [4.78, 5) is 10.9. The average molecular weight is 306 g/mol. The van der Waals surface area contributed by atoms with E-state index >= 15 is 0 Å². The van der Waals surface area contributed by atoms with Gasteiger partial charge in [-0.2, -0.15) is 0 Å². The molecule has 0 radical (unpaired) electrons. The van der Waals surface area contributed by atoms with E-state index in [1.807, 2.05) is 19.6 Å². The monoisotopic (exact) mass is 306 g/mol. The van der Waals surface area contributed by atoms with Gasteiger partial charge in [-0.3, -0.25) is 9.89 Å². The quantitative estimate of drug-likeness (QED) is 0.589. The van der Waals surface area contributed by atoms with Crippen LogP contribution in [0.3, 0.4) is 0 Å². The molecule has 1 atom stereocenters. The summed E-state index contributed by atoms with van der Waals surface area (Å²) < 4.78 is 2.06. The summed E-state index contributed by atoms with van der Waals surface area (Å²) in [6.45, 7) is 7.32. The lowest BCUT2D eigenvalue weighted by molar-refractivity contribution is 0.147. The second kappa shape index (κ2) is 9.46. The first kappa shape index (κ1) is 16.8. The fourth-order valence-corrected chi connectivity index (χ4v) is 3.08. The normalized spacial score (nSPS) is 20.1. The van der Waals surface area contributed by atoms with Crippen LogP contribution in [0.15, 0.2) is 23.7 Å². The number of nitrogens with one attached hydrogen (secondary N) is 2. The van der Waals surface area contributed by atoms with Crippen LogP contribution >= 0.6 is 0 Å². The van der Waals surface area contributed by atoms with Crippen molar-refractivity contribution in [3.63, 3.8) is 0 Å². The zero-order chi connectivity index (χ0) is 15.6. The molecule has 0 saturated carbocycles. The SMILES string of the molecule is CCC1CCCCN1CCNC(=NC)NCCn1ccnc1. The minimum absolute atomic E-state index is 0.770. The van der Waals surface area contributed by atoms with Crippen LogP contribution in [0.25, 0.3) is 0 Å². The molecule has 0 spiro atoms. The van der Waals surface area contributed by atoms with E-state index in [0.29, 0.717) is 0 Å². The number of piperidine rings is 1. The number of aliphatic imine (C=N–C) groups is 1. The Bertz CT molecular complexity index is 428. The van der Waals surface area contributed by atoms with Crippen LogP contribution in [0, 0.1) is 0 Å². The van der Waals surface area contributed by atoms with Crippen molar-refractivity contribution in [2.24, 2.45) is 4.99 Å². The highest BCUT2D eigenvalue weighted by molar-refractivity contribution is 5.79. The van der Waals surface area contributed by atoms with Crippen LogP contribution in [0.5, 0.6) is 0 Å². The van der Waals surface area contributed by atoms with Crippen molar-refractivity contribution in [2.75, 3.05) is 33.2 Å². The fraction of sp³-hybridized carbons (Fsp3) is 0.750. The van der Waals surface area contributed by atoms with Crippen molar-refractivity contribution in [3.8, 4) is 0 Å². The van der Waals surface area contributed by atoms with Gasteiger partial charge in [-0.25, -0.2) is 4.98 Å². The summed E-state index contributed by atoms with van der Waals surface area (Å²) in [5.41, 5.74) is 0. The number of rotatable bonds is 7. The molecule has 1 aliphatic rings. The van der Waals surface area contributed by atoms with Gasteiger partial charge in [0, 0.05) is 51.7 Å². The summed E-state index contributed by atoms with van der Waals surface area (Å²) in [5, 5.41) is 6.76. The second-order valence-electron chi connectivity index (χ2n) is 5.82. The largest absolute Gasteiger partial charge is 0.355 e. The van der Waals surface area contributed by atoms with Crippen molar-refractivity contribution >= 4 is 5.96 Å². The van der Waals surface area contributed by atoms with Crippen molar-refractivity contribution in [3.05, 3.63) is 18.7 Å². The lowest BCUT2D eigenvalue weighted by atomic mass is 10.0. The zero-order valence-corrected chi connectivity index (χ0v) is 14.0. The van der Waals surface area contributed by atoms with E-state index in [2.05, 4.69) is 37.0 Å². The van der Waals surface area contributed by atoms with Crippen LogP contribution in [-0.2, 0) is 6.54 Å². The molecule has 0 bridgehead atoms. The second-order valence-corrected chi connectivity index (χ2v) is 5.82. The summed E-state index contributed by atoms with van der Waals surface area (Å²) in [6.07, 6.45) is 11.0. The standard InChI is InChI=1S/C16H30N6/c1-3-15-6-4-5-10-22(15)13-9-20-16(17-2)19-8-12-21-11-7-18-14-21/h7,11,14-15H,3-6,8-10,12-13H2,1-2H3,(H2,17,19,20). The average Bonchev–Trinajstić information content (AvgIpc) is 3.07. The van der Waals surface area contributed by atoms with E-state index in [9.17, 15) is 0 Å². The van der Waals surface area contributed by atoms with Crippen LogP contribution in [0.4, 0.5) is 0 Å². The molecule has 6 nitrogen and oxygen atoms in total. The van der Waals surface area contributed by atoms with Crippen molar-refractivity contribution < 1.29 is 0 Å². The molecule has 0 aromatic carbocycles. The van der Waals surface area contributed by atoms with Crippen LogP contribution in [0.1, 0.15) is 32.6 Å². The first-order chi connectivity index (χ1) is 10.8. The minimum Gasteiger partial charge on any atom is -0.355 e. The number of likely N-dealkylation sites (tertiary alicyclic amines) is 1. The van der Waals surface area contributed by atoms with Gasteiger partial charge in [-0.1, -0.05) is 13.3 Å². The number of aromatic nitrogens is 2. The van der Waals surface area contributed by atoms with Gasteiger partial charge in [-0.15, -0.1) is 0 Å². The van der Waals surface area contributed by atoms with E-state index in [-0.39, 0.29) is 0 Å².